The van der Waals surface area contributed by atoms with E-state index in [0.717, 1.165) is 18.9 Å². The molecule has 6 heteroatoms. The Morgan fingerprint density at radius 1 is 1.44 bits per heavy atom. The van der Waals surface area contributed by atoms with Crippen molar-refractivity contribution in [2.45, 2.75) is 25.7 Å². The summed E-state index contributed by atoms with van der Waals surface area (Å²) in [6.07, 6.45) is 7.53. The lowest BCUT2D eigenvalue weighted by Gasteiger charge is -2.02. The number of nitrogens with zero attached hydrogens (tertiary/aromatic N) is 3. The van der Waals surface area contributed by atoms with Gasteiger partial charge in [0.15, 0.2) is 0 Å². The van der Waals surface area contributed by atoms with E-state index in [1.807, 2.05) is 0 Å². The number of hydrogen-bond donors (Lipinski definition) is 1. The molecule has 0 bridgehead atoms. The van der Waals surface area contributed by atoms with Gasteiger partial charge in [-0.1, -0.05) is 12.8 Å². The monoisotopic (exact) mass is 222 g/mol. The van der Waals surface area contributed by atoms with Crippen LogP contribution in [0.1, 0.15) is 25.7 Å². The van der Waals surface area contributed by atoms with Crippen LogP contribution in [-0.2, 0) is 0 Å². The highest BCUT2D eigenvalue weighted by atomic mass is 16.6. The fourth-order valence-corrected chi connectivity index (χ4v) is 1.50. The van der Waals surface area contributed by atoms with Gasteiger partial charge in [-0.2, -0.15) is 0 Å². The number of rotatable bonds is 6. The lowest BCUT2D eigenvalue weighted by atomic mass is 10.2. The first kappa shape index (κ1) is 10.8. The Bertz CT molecular complexity index is 362. The van der Waals surface area contributed by atoms with Crippen molar-refractivity contribution in [2.75, 3.05) is 11.9 Å². The number of nitro groups is 1. The molecule has 0 unspecified atom stereocenters. The molecule has 0 saturated heterocycles. The summed E-state index contributed by atoms with van der Waals surface area (Å²) in [6, 6.07) is 0. The van der Waals surface area contributed by atoms with Crippen LogP contribution < -0.4 is 5.32 Å². The van der Waals surface area contributed by atoms with Crippen molar-refractivity contribution in [3.05, 3.63) is 22.5 Å². The standard InChI is InChI=1S/C10H14N4O2/c15-14(16)9-6-12-10(13-7-9)11-5-1-2-8-3-4-8/h6-8H,1-5H2,(H,11,12,13). The summed E-state index contributed by atoms with van der Waals surface area (Å²) in [5, 5.41) is 13.4. The molecule has 1 aromatic heterocycles. The molecule has 0 aliphatic heterocycles. The van der Waals surface area contributed by atoms with Crippen molar-refractivity contribution in [3.63, 3.8) is 0 Å². The fourth-order valence-electron chi connectivity index (χ4n) is 1.50. The van der Waals surface area contributed by atoms with Gasteiger partial charge in [0, 0.05) is 6.54 Å². The highest BCUT2D eigenvalue weighted by Gasteiger charge is 2.19. The fraction of sp³-hybridized carbons (Fsp3) is 0.600. The zero-order valence-electron chi connectivity index (χ0n) is 8.93. The van der Waals surface area contributed by atoms with Gasteiger partial charge in [0.2, 0.25) is 5.95 Å². The van der Waals surface area contributed by atoms with Crippen LogP contribution in [-0.4, -0.2) is 21.4 Å². The maximum atomic E-state index is 10.4. The summed E-state index contributed by atoms with van der Waals surface area (Å²) in [5.41, 5.74) is -0.0801. The first-order valence-electron chi connectivity index (χ1n) is 5.46. The second-order valence-corrected chi connectivity index (χ2v) is 4.03. The highest BCUT2D eigenvalue weighted by molar-refractivity contribution is 5.30. The molecule has 1 heterocycles. The smallest absolute Gasteiger partial charge is 0.305 e. The van der Waals surface area contributed by atoms with Gasteiger partial charge >= 0.3 is 5.69 Å². The molecule has 2 rings (SSSR count). The minimum atomic E-state index is -0.503. The molecule has 0 atom stereocenters. The van der Waals surface area contributed by atoms with Gasteiger partial charge < -0.3 is 5.32 Å². The van der Waals surface area contributed by atoms with Crippen LogP contribution in [0.25, 0.3) is 0 Å². The Balaban J connectivity index is 1.73. The summed E-state index contributed by atoms with van der Waals surface area (Å²) in [7, 11) is 0. The van der Waals surface area contributed by atoms with E-state index in [1.54, 1.807) is 0 Å². The van der Waals surface area contributed by atoms with Crippen LogP contribution in [0.2, 0.25) is 0 Å². The summed E-state index contributed by atoms with van der Waals surface area (Å²) in [5.74, 6) is 1.39. The van der Waals surface area contributed by atoms with Crippen molar-refractivity contribution in [1.82, 2.24) is 9.97 Å². The largest absolute Gasteiger partial charge is 0.354 e. The first-order chi connectivity index (χ1) is 7.75. The predicted molar refractivity (Wildman–Crippen MR) is 59.1 cm³/mol. The van der Waals surface area contributed by atoms with Gasteiger partial charge in [0.25, 0.3) is 0 Å². The first-order valence-corrected chi connectivity index (χ1v) is 5.46. The van der Waals surface area contributed by atoms with Crippen molar-refractivity contribution in [3.8, 4) is 0 Å². The summed E-state index contributed by atoms with van der Waals surface area (Å²) in [6.45, 7) is 0.828. The normalized spacial score (nSPS) is 14.8. The van der Waals surface area contributed by atoms with E-state index in [0.29, 0.717) is 5.95 Å². The molecule has 1 fully saturated rings. The Morgan fingerprint density at radius 2 is 2.12 bits per heavy atom. The zero-order valence-corrected chi connectivity index (χ0v) is 8.93. The number of nitrogens with one attached hydrogen (secondary N) is 1. The third-order valence-corrected chi connectivity index (χ3v) is 2.62. The number of aromatic nitrogens is 2. The molecule has 86 valence electrons. The summed E-state index contributed by atoms with van der Waals surface area (Å²) >= 11 is 0. The molecule has 16 heavy (non-hydrogen) atoms. The van der Waals surface area contributed by atoms with Crippen LogP contribution in [0.3, 0.4) is 0 Å². The van der Waals surface area contributed by atoms with E-state index in [2.05, 4.69) is 15.3 Å². The van der Waals surface area contributed by atoms with Crippen LogP contribution in [0.5, 0.6) is 0 Å². The van der Waals surface area contributed by atoms with E-state index in [9.17, 15) is 10.1 Å². The molecule has 0 amide bonds. The van der Waals surface area contributed by atoms with E-state index in [4.69, 9.17) is 0 Å². The molecular formula is C10H14N4O2. The quantitative estimate of drug-likeness (QED) is 0.452. The summed E-state index contributed by atoms with van der Waals surface area (Å²) in [4.78, 5) is 17.6. The Hall–Kier alpha value is -1.72. The SMILES string of the molecule is O=[N+]([O-])c1cnc(NCCCC2CC2)nc1. The average molecular weight is 222 g/mol. The van der Waals surface area contributed by atoms with E-state index in [-0.39, 0.29) is 5.69 Å². The van der Waals surface area contributed by atoms with E-state index < -0.39 is 4.92 Å². The molecule has 1 aliphatic rings. The lowest BCUT2D eigenvalue weighted by molar-refractivity contribution is -0.385. The Labute approximate surface area is 93.3 Å². The molecule has 0 spiro atoms. The number of anilines is 1. The van der Waals surface area contributed by atoms with E-state index in [1.165, 1.54) is 31.7 Å². The Kier molecular flexibility index (Phi) is 3.28. The predicted octanol–water partition coefficient (Wildman–Crippen LogP) is 1.99. The molecule has 1 saturated carbocycles. The van der Waals surface area contributed by atoms with Gasteiger partial charge in [-0.25, -0.2) is 9.97 Å². The lowest BCUT2D eigenvalue weighted by Crippen LogP contribution is -2.05. The van der Waals surface area contributed by atoms with Crippen molar-refractivity contribution in [1.29, 1.82) is 0 Å². The van der Waals surface area contributed by atoms with Gasteiger partial charge in [-0.15, -0.1) is 0 Å². The van der Waals surface area contributed by atoms with Crippen molar-refractivity contribution in [2.24, 2.45) is 5.92 Å². The molecule has 0 radical (unpaired) electrons. The highest BCUT2D eigenvalue weighted by Crippen LogP contribution is 2.33. The van der Waals surface area contributed by atoms with Crippen molar-refractivity contribution < 1.29 is 4.92 Å². The van der Waals surface area contributed by atoms with Gasteiger partial charge in [-0.05, 0) is 18.8 Å². The van der Waals surface area contributed by atoms with Crippen LogP contribution in [0.15, 0.2) is 12.4 Å². The van der Waals surface area contributed by atoms with Crippen LogP contribution in [0.4, 0.5) is 11.6 Å². The van der Waals surface area contributed by atoms with Gasteiger partial charge in [-0.3, -0.25) is 10.1 Å². The molecular weight excluding hydrogens is 208 g/mol. The minimum Gasteiger partial charge on any atom is -0.354 e. The van der Waals surface area contributed by atoms with Crippen LogP contribution >= 0.6 is 0 Å². The van der Waals surface area contributed by atoms with Gasteiger partial charge in [0.1, 0.15) is 12.4 Å². The maximum Gasteiger partial charge on any atom is 0.305 e. The second-order valence-electron chi connectivity index (χ2n) is 4.03. The van der Waals surface area contributed by atoms with Crippen molar-refractivity contribution >= 4 is 11.6 Å². The zero-order chi connectivity index (χ0) is 11.4. The topological polar surface area (TPSA) is 81.0 Å². The molecule has 1 N–H and O–H groups in total. The third-order valence-electron chi connectivity index (χ3n) is 2.62. The summed E-state index contributed by atoms with van der Waals surface area (Å²) < 4.78 is 0. The Morgan fingerprint density at radius 3 is 2.69 bits per heavy atom. The minimum absolute atomic E-state index is 0.0801. The van der Waals surface area contributed by atoms with Gasteiger partial charge in [0.05, 0.1) is 4.92 Å². The van der Waals surface area contributed by atoms with E-state index >= 15 is 0 Å². The molecule has 1 aliphatic carbocycles. The third kappa shape index (κ3) is 3.15. The maximum absolute atomic E-state index is 10.4. The molecule has 0 aromatic carbocycles. The number of hydrogen-bond acceptors (Lipinski definition) is 5. The molecule has 6 nitrogen and oxygen atoms in total. The second kappa shape index (κ2) is 4.87. The van der Waals surface area contributed by atoms with Crippen LogP contribution in [0, 0.1) is 16.0 Å². The average Bonchev–Trinajstić information content (AvgIpc) is 3.09. The molecule has 1 aromatic rings.